The van der Waals surface area contributed by atoms with Gasteiger partial charge in [0.15, 0.2) is 0 Å². The summed E-state index contributed by atoms with van der Waals surface area (Å²) in [6, 6.07) is 8.38. The number of hydrogen-bond acceptors (Lipinski definition) is 3. The Morgan fingerprint density at radius 3 is 2.60 bits per heavy atom. The van der Waals surface area contributed by atoms with E-state index in [1.807, 2.05) is 4.68 Å². The van der Waals surface area contributed by atoms with Crippen LogP contribution >= 0.6 is 0 Å². The number of nitrogens with two attached hydrogens (primary N) is 1. The second kappa shape index (κ2) is 6.66. The number of nitrogens with zero attached hydrogens (tertiary/aromatic N) is 3. The van der Waals surface area contributed by atoms with Crippen molar-refractivity contribution in [2.24, 2.45) is 5.73 Å². The molecule has 0 aliphatic rings. The summed E-state index contributed by atoms with van der Waals surface area (Å²) in [5.41, 5.74) is 10.6. The molecule has 0 aliphatic carbocycles. The molecule has 0 bridgehead atoms. The van der Waals surface area contributed by atoms with Crippen molar-refractivity contribution < 1.29 is 0 Å². The summed E-state index contributed by atoms with van der Waals surface area (Å²) in [5.74, 6) is 0. The molecule has 0 radical (unpaired) electrons. The van der Waals surface area contributed by atoms with Crippen molar-refractivity contribution in [3.05, 3.63) is 41.2 Å². The van der Waals surface area contributed by atoms with Gasteiger partial charge in [0.25, 0.3) is 0 Å². The molecule has 0 spiro atoms. The molecule has 1 aromatic carbocycles. The number of rotatable bonds is 6. The zero-order valence-electron chi connectivity index (χ0n) is 12.6. The summed E-state index contributed by atoms with van der Waals surface area (Å²) in [6.45, 7) is 6.40. The van der Waals surface area contributed by atoms with Gasteiger partial charge >= 0.3 is 0 Å². The summed E-state index contributed by atoms with van der Waals surface area (Å²) in [6.07, 6.45) is 3.93. The summed E-state index contributed by atoms with van der Waals surface area (Å²) in [5, 5.41) is 8.68. The zero-order chi connectivity index (χ0) is 14.5. The summed E-state index contributed by atoms with van der Waals surface area (Å²) in [7, 11) is 0. The Balaban J connectivity index is 2.50. The van der Waals surface area contributed by atoms with Crippen molar-refractivity contribution in [3.8, 4) is 5.69 Å². The first-order valence-corrected chi connectivity index (χ1v) is 7.51. The zero-order valence-corrected chi connectivity index (χ0v) is 12.6. The topological polar surface area (TPSA) is 56.7 Å². The highest BCUT2D eigenvalue weighted by Crippen LogP contribution is 2.22. The van der Waals surface area contributed by atoms with Gasteiger partial charge in [-0.15, -0.1) is 5.10 Å². The monoisotopic (exact) mass is 272 g/mol. The smallest absolute Gasteiger partial charge is 0.103 e. The fourth-order valence-electron chi connectivity index (χ4n) is 2.52. The summed E-state index contributed by atoms with van der Waals surface area (Å²) >= 11 is 0. The molecule has 20 heavy (non-hydrogen) atoms. The molecule has 0 saturated heterocycles. The molecule has 2 aromatic rings. The fraction of sp³-hybridized carbons (Fsp3) is 0.500. The maximum Gasteiger partial charge on any atom is 0.103 e. The average Bonchev–Trinajstić information content (AvgIpc) is 2.91. The van der Waals surface area contributed by atoms with E-state index in [1.165, 1.54) is 5.56 Å². The molecule has 108 valence electrons. The Labute approximate surface area is 121 Å². The van der Waals surface area contributed by atoms with Crippen LogP contribution in [0.3, 0.4) is 0 Å². The van der Waals surface area contributed by atoms with Gasteiger partial charge in [-0.3, -0.25) is 0 Å². The molecule has 0 fully saturated rings. The van der Waals surface area contributed by atoms with Crippen LogP contribution in [0.2, 0.25) is 0 Å². The standard InChI is InChI=1S/C16H24N4/c1-4-9-12-10-7-8-11-15(12)20-14(6-3)16(18-19-20)13(17)5-2/h7-8,10-11,13H,4-6,9,17H2,1-3H3. The predicted molar refractivity (Wildman–Crippen MR) is 82.0 cm³/mol. The van der Waals surface area contributed by atoms with Gasteiger partial charge in [0.2, 0.25) is 0 Å². The van der Waals surface area contributed by atoms with Gasteiger partial charge in [-0.05, 0) is 30.9 Å². The number of aromatic nitrogens is 3. The maximum absolute atomic E-state index is 6.14. The molecular weight excluding hydrogens is 248 g/mol. The van der Waals surface area contributed by atoms with Crippen molar-refractivity contribution in [2.45, 2.75) is 52.5 Å². The third kappa shape index (κ3) is 2.75. The lowest BCUT2D eigenvalue weighted by molar-refractivity contribution is 0.665. The van der Waals surface area contributed by atoms with Crippen LogP contribution < -0.4 is 5.73 Å². The van der Waals surface area contributed by atoms with Gasteiger partial charge in [0.05, 0.1) is 17.4 Å². The molecule has 0 amide bonds. The molecule has 0 aliphatic heterocycles. The Morgan fingerprint density at radius 1 is 1.20 bits per heavy atom. The molecule has 2 rings (SSSR count). The molecule has 0 saturated carbocycles. The molecule has 1 aromatic heterocycles. The third-order valence-corrected chi connectivity index (χ3v) is 3.66. The second-order valence-electron chi connectivity index (χ2n) is 5.08. The van der Waals surface area contributed by atoms with E-state index >= 15 is 0 Å². The summed E-state index contributed by atoms with van der Waals surface area (Å²) in [4.78, 5) is 0. The molecule has 1 atom stereocenters. The van der Waals surface area contributed by atoms with Crippen LogP contribution in [0.1, 0.15) is 56.6 Å². The molecule has 2 N–H and O–H groups in total. The van der Waals surface area contributed by atoms with Crippen LogP contribution in [0.25, 0.3) is 5.69 Å². The Hall–Kier alpha value is -1.68. The van der Waals surface area contributed by atoms with E-state index in [9.17, 15) is 0 Å². The van der Waals surface area contributed by atoms with E-state index in [4.69, 9.17) is 5.73 Å². The van der Waals surface area contributed by atoms with E-state index in [0.717, 1.165) is 42.8 Å². The lowest BCUT2D eigenvalue weighted by atomic mass is 10.1. The molecule has 1 heterocycles. The first kappa shape index (κ1) is 14.7. The van der Waals surface area contributed by atoms with Crippen LogP contribution in [0, 0.1) is 0 Å². The van der Waals surface area contributed by atoms with Gasteiger partial charge in [0.1, 0.15) is 5.69 Å². The first-order valence-electron chi connectivity index (χ1n) is 7.51. The van der Waals surface area contributed by atoms with Crippen molar-refractivity contribution in [3.63, 3.8) is 0 Å². The molecule has 4 heteroatoms. The van der Waals surface area contributed by atoms with Gasteiger partial charge in [-0.25, -0.2) is 4.68 Å². The van der Waals surface area contributed by atoms with Gasteiger partial charge < -0.3 is 5.73 Å². The predicted octanol–water partition coefficient (Wildman–Crippen LogP) is 3.19. The minimum atomic E-state index is -0.0305. The minimum absolute atomic E-state index is 0.0305. The van der Waals surface area contributed by atoms with Gasteiger partial charge in [-0.1, -0.05) is 50.6 Å². The maximum atomic E-state index is 6.14. The molecule has 4 nitrogen and oxygen atoms in total. The van der Waals surface area contributed by atoms with Crippen LogP contribution in [0.4, 0.5) is 0 Å². The van der Waals surface area contributed by atoms with Gasteiger partial charge in [-0.2, -0.15) is 0 Å². The average molecular weight is 272 g/mol. The first-order chi connectivity index (χ1) is 9.72. The second-order valence-corrected chi connectivity index (χ2v) is 5.08. The Morgan fingerprint density at radius 2 is 1.95 bits per heavy atom. The van der Waals surface area contributed by atoms with Crippen LogP contribution in [0.15, 0.2) is 24.3 Å². The number of benzene rings is 1. The van der Waals surface area contributed by atoms with Crippen molar-refractivity contribution >= 4 is 0 Å². The van der Waals surface area contributed by atoms with Crippen molar-refractivity contribution in [1.82, 2.24) is 15.0 Å². The minimum Gasteiger partial charge on any atom is -0.323 e. The number of para-hydroxylation sites is 1. The van der Waals surface area contributed by atoms with E-state index in [0.29, 0.717) is 0 Å². The van der Waals surface area contributed by atoms with E-state index in [1.54, 1.807) is 0 Å². The normalized spacial score (nSPS) is 12.6. The quantitative estimate of drug-likeness (QED) is 0.878. The SMILES string of the molecule is CCCc1ccccc1-n1nnc(C(N)CC)c1CC. The largest absolute Gasteiger partial charge is 0.323 e. The Kier molecular flexibility index (Phi) is 4.90. The fourth-order valence-corrected chi connectivity index (χ4v) is 2.52. The summed E-state index contributed by atoms with van der Waals surface area (Å²) < 4.78 is 1.97. The number of hydrogen-bond donors (Lipinski definition) is 1. The molecule has 1 unspecified atom stereocenters. The van der Waals surface area contributed by atoms with Crippen LogP contribution in [0.5, 0.6) is 0 Å². The molecular formula is C16H24N4. The van der Waals surface area contributed by atoms with Crippen molar-refractivity contribution in [2.75, 3.05) is 0 Å². The highest BCUT2D eigenvalue weighted by atomic mass is 15.4. The van der Waals surface area contributed by atoms with Gasteiger partial charge in [0, 0.05) is 0 Å². The Bertz CT molecular complexity index is 559. The van der Waals surface area contributed by atoms with Crippen LogP contribution in [-0.4, -0.2) is 15.0 Å². The highest BCUT2D eigenvalue weighted by Gasteiger charge is 2.18. The number of aryl methyl sites for hydroxylation is 1. The lowest BCUT2D eigenvalue weighted by Crippen LogP contribution is -2.13. The van der Waals surface area contributed by atoms with E-state index in [-0.39, 0.29) is 6.04 Å². The third-order valence-electron chi connectivity index (χ3n) is 3.66. The van der Waals surface area contributed by atoms with Crippen molar-refractivity contribution in [1.29, 1.82) is 0 Å². The van der Waals surface area contributed by atoms with E-state index < -0.39 is 0 Å². The highest BCUT2D eigenvalue weighted by molar-refractivity contribution is 5.42. The van der Waals surface area contributed by atoms with Crippen LogP contribution in [-0.2, 0) is 12.8 Å². The van der Waals surface area contributed by atoms with E-state index in [2.05, 4.69) is 55.3 Å². The lowest BCUT2D eigenvalue weighted by Gasteiger charge is -2.12.